The SMILES string of the molecule is Clc1ccc(-c2cc(COCCN3CCCC3)on2)cc1Cl. The van der Waals surface area contributed by atoms with Crippen molar-refractivity contribution in [2.24, 2.45) is 0 Å². The second kappa shape index (κ2) is 7.47. The first-order valence-corrected chi connectivity index (χ1v) is 8.19. The van der Waals surface area contributed by atoms with Gasteiger partial charge in [0.05, 0.1) is 16.7 Å². The van der Waals surface area contributed by atoms with E-state index in [0.717, 1.165) is 17.8 Å². The minimum Gasteiger partial charge on any atom is -0.372 e. The van der Waals surface area contributed by atoms with Crippen molar-refractivity contribution in [2.75, 3.05) is 26.2 Å². The summed E-state index contributed by atoms with van der Waals surface area (Å²) in [7, 11) is 0. The van der Waals surface area contributed by atoms with Gasteiger partial charge < -0.3 is 14.2 Å². The van der Waals surface area contributed by atoms with Crippen molar-refractivity contribution in [1.29, 1.82) is 0 Å². The molecule has 1 fully saturated rings. The number of halogens is 2. The first kappa shape index (κ1) is 15.8. The third-order valence-corrected chi connectivity index (χ3v) is 4.51. The van der Waals surface area contributed by atoms with Gasteiger partial charge in [0.2, 0.25) is 0 Å². The van der Waals surface area contributed by atoms with Gasteiger partial charge in [-0.1, -0.05) is 34.4 Å². The molecule has 0 saturated carbocycles. The molecule has 22 heavy (non-hydrogen) atoms. The molecule has 0 aliphatic carbocycles. The lowest BCUT2D eigenvalue weighted by Crippen LogP contribution is -2.23. The normalized spacial score (nSPS) is 15.5. The summed E-state index contributed by atoms with van der Waals surface area (Å²) in [6, 6.07) is 7.26. The Balaban J connectivity index is 1.51. The van der Waals surface area contributed by atoms with E-state index in [-0.39, 0.29) is 0 Å². The predicted octanol–water partition coefficient (Wildman–Crippen LogP) is 4.26. The van der Waals surface area contributed by atoms with Gasteiger partial charge >= 0.3 is 0 Å². The molecule has 6 heteroatoms. The van der Waals surface area contributed by atoms with E-state index in [1.807, 2.05) is 12.1 Å². The fourth-order valence-corrected chi connectivity index (χ4v) is 2.84. The summed E-state index contributed by atoms with van der Waals surface area (Å²) in [5, 5.41) is 5.08. The molecule has 0 amide bonds. The maximum absolute atomic E-state index is 6.02. The van der Waals surface area contributed by atoms with Gasteiger partial charge in [-0.25, -0.2) is 0 Å². The van der Waals surface area contributed by atoms with E-state index in [4.69, 9.17) is 32.5 Å². The molecule has 0 bridgehead atoms. The first-order chi connectivity index (χ1) is 10.7. The molecule has 1 aromatic carbocycles. The third-order valence-electron chi connectivity index (χ3n) is 3.77. The van der Waals surface area contributed by atoms with Crippen LogP contribution in [0.25, 0.3) is 11.3 Å². The molecule has 1 aliphatic rings. The lowest BCUT2D eigenvalue weighted by atomic mass is 10.1. The van der Waals surface area contributed by atoms with Crippen LogP contribution < -0.4 is 0 Å². The topological polar surface area (TPSA) is 38.5 Å². The van der Waals surface area contributed by atoms with Crippen molar-refractivity contribution in [2.45, 2.75) is 19.4 Å². The zero-order chi connectivity index (χ0) is 15.4. The second-order valence-electron chi connectivity index (χ2n) is 5.41. The molecule has 0 unspecified atom stereocenters. The van der Waals surface area contributed by atoms with E-state index in [2.05, 4.69) is 10.1 Å². The number of hydrogen-bond donors (Lipinski definition) is 0. The molecule has 0 radical (unpaired) electrons. The Morgan fingerprint density at radius 1 is 1.14 bits per heavy atom. The summed E-state index contributed by atoms with van der Waals surface area (Å²) in [6.45, 7) is 4.50. The number of rotatable bonds is 6. The van der Waals surface area contributed by atoms with Crippen molar-refractivity contribution < 1.29 is 9.26 Å². The highest BCUT2D eigenvalue weighted by atomic mass is 35.5. The Hall–Kier alpha value is -1.07. The highest BCUT2D eigenvalue weighted by molar-refractivity contribution is 6.42. The molecule has 3 rings (SSSR count). The summed E-state index contributed by atoms with van der Waals surface area (Å²) in [5.74, 6) is 0.711. The summed E-state index contributed by atoms with van der Waals surface area (Å²) in [5.41, 5.74) is 1.61. The van der Waals surface area contributed by atoms with Crippen molar-refractivity contribution >= 4 is 23.2 Å². The van der Waals surface area contributed by atoms with Crippen molar-refractivity contribution in [3.05, 3.63) is 40.1 Å². The molecule has 4 nitrogen and oxygen atoms in total. The van der Waals surface area contributed by atoms with Crippen LogP contribution >= 0.6 is 23.2 Å². The zero-order valence-electron chi connectivity index (χ0n) is 12.2. The number of likely N-dealkylation sites (tertiary alicyclic amines) is 1. The van der Waals surface area contributed by atoms with Gasteiger partial charge in [-0.2, -0.15) is 0 Å². The van der Waals surface area contributed by atoms with Gasteiger partial charge in [0, 0.05) is 18.2 Å². The van der Waals surface area contributed by atoms with Crippen LogP contribution in [0.15, 0.2) is 28.8 Å². The molecule has 2 heterocycles. The van der Waals surface area contributed by atoms with Gasteiger partial charge in [0.25, 0.3) is 0 Å². The van der Waals surface area contributed by atoms with Crippen LogP contribution in [0, 0.1) is 0 Å². The maximum Gasteiger partial charge on any atom is 0.163 e. The lowest BCUT2D eigenvalue weighted by Gasteiger charge is -2.13. The van der Waals surface area contributed by atoms with Gasteiger partial charge in [-0.05, 0) is 38.1 Å². The Morgan fingerprint density at radius 2 is 1.95 bits per heavy atom. The molecular weight excluding hydrogens is 323 g/mol. The van der Waals surface area contributed by atoms with Crippen LogP contribution in [0.2, 0.25) is 10.0 Å². The molecule has 0 N–H and O–H groups in total. The zero-order valence-corrected chi connectivity index (χ0v) is 13.7. The van der Waals surface area contributed by atoms with E-state index in [1.54, 1.807) is 12.1 Å². The fraction of sp³-hybridized carbons (Fsp3) is 0.438. The summed E-state index contributed by atoms with van der Waals surface area (Å²) >= 11 is 11.9. The van der Waals surface area contributed by atoms with Crippen LogP contribution in [-0.2, 0) is 11.3 Å². The third kappa shape index (κ3) is 4.02. The summed E-state index contributed by atoms with van der Waals surface area (Å²) in [4.78, 5) is 2.42. The molecular formula is C16H18Cl2N2O2. The molecule has 0 atom stereocenters. The van der Waals surface area contributed by atoms with Gasteiger partial charge in [0.1, 0.15) is 12.3 Å². The fourth-order valence-electron chi connectivity index (χ4n) is 2.55. The lowest BCUT2D eigenvalue weighted by molar-refractivity contribution is 0.0837. The van der Waals surface area contributed by atoms with Crippen LogP contribution in [0.4, 0.5) is 0 Å². The molecule has 1 aromatic heterocycles. The number of nitrogens with zero attached hydrogens (tertiary/aromatic N) is 2. The van der Waals surface area contributed by atoms with Gasteiger partial charge in [-0.15, -0.1) is 0 Å². The average Bonchev–Trinajstić information content (AvgIpc) is 3.18. The number of aromatic nitrogens is 1. The van der Waals surface area contributed by atoms with Crippen LogP contribution in [0.1, 0.15) is 18.6 Å². The molecule has 0 spiro atoms. The van der Waals surface area contributed by atoms with E-state index >= 15 is 0 Å². The monoisotopic (exact) mass is 340 g/mol. The van der Waals surface area contributed by atoms with Crippen molar-refractivity contribution in [3.63, 3.8) is 0 Å². The minimum atomic E-state index is 0.433. The quantitative estimate of drug-likeness (QED) is 0.736. The van der Waals surface area contributed by atoms with E-state index in [9.17, 15) is 0 Å². The van der Waals surface area contributed by atoms with Crippen LogP contribution in [0.5, 0.6) is 0 Å². The maximum atomic E-state index is 6.02. The highest BCUT2D eigenvalue weighted by Crippen LogP contribution is 2.28. The van der Waals surface area contributed by atoms with Crippen LogP contribution in [0.3, 0.4) is 0 Å². The van der Waals surface area contributed by atoms with Crippen molar-refractivity contribution in [3.8, 4) is 11.3 Å². The smallest absolute Gasteiger partial charge is 0.163 e. The molecule has 118 valence electrons. The van der Waals surface area contributed by atoms with E-state index in [1.165, 1.54) is 25.9 Å². The Kier molecular flexibility index (Phi) is 5.37. The summed E-state index contributed by atoms with van der Waals surface area (Å²) < 4.78 is 10.9. The number of ether oxygens (including phenoxy) is 1. The average molecular weight is 341 g/mol. The molecule has 1 aliphatic heterocycles. The molecule has 2 aromatic rings. The van der Waals surface area contributed by atoms with E-state index in [0.29, 0.717) is 29.0 Å². The van der Waals surface area contributed by atoms with Gasteiger partial charge in [0.15, 0.2) is 5.76 Å². The minimum absolute atomic E-state index is 0.433. The van der Waals surface area contributed by atoms with Crippen molar-refractivity contribution in [1.82, 2.24) is 10.1 Å². The first-order valence-electron chi connectivity index (χ1n) is 7.43. The second-order valence-corrected chi connectivity index (χ2v) is 6.22. The number of hydrogen-bond acceptors (Lipinski definition) is 4. The largest absolute Gasteiger partial charge is 0.372 e. The highest BCUT2D eigenvalue weighted by Gasteiger charge is 2.11. The standard InChI is InChI=1S/C16H18Cl2N2O2/c17-14-4-3-12(9-15(14)18)16-10-13(22-19-16)11-21-8-7-20-5-1-2-6-20/h3-4,9-10H,1-2,5-8,11H2. The Morgan fingerprint density at radius 3 is 2.73 bits per heavy atom. The Bertz CT molecular complexity index is 624. The van der Waals surface area contributed by atoms with E-state index < -0.39 is 0 Å². The number of benzene rings is 1. The van der Waals surface area contributed by atoms with Gasteiger partial charge in [-0.3, -0.25) is 0 Å². The predicted molar refractivity (Wildman–Crippen MR) is 87.3 cm³/mol. The summed E-state index contributed by atoms with van der Waals surface area (Å²) in [6.07, 6.45) is 2.60. The van der Waals surface area contributed by atoms with Crippen LogP contribution in [-0.4, -0.2) is 36.3 Å². The molecule has 1 saturated heterocycles. The Labute approximate surface area is 139 Å².